The Labute approximate surface area is 201 Å². The van der Waals surface area contributed by atoms with Gasteiger partial charge in [0.25, 0.3) is 11.8 Å². The number of hydrogen-bond acceptors (Lipinski definition) is 3. The van der Waals surface area contributed by atoms with Crippen molar-refractivity contribution in [3.05, 3.63) is 88.1 Å². The third-order valence-electron chi connectivity index (χ3n) is 4.93. The molecule has 0 aliphatic heterocycles. The van der Waals surface area contributed by atoms with Gasteiger partial charge in [-0.25, -0.2) is 4.39 Å². The summed E-state index contributed by atoms with van der Waals surface area (Å²) in [4.78, 5) is 25.5. The summed E-state index contributed by atoms with van der Waals surface area (Å²) in [5.74, 6) is -0.570. The molecule has 0 bridgehead atoms. The van der Waals surface area contributed by atoms with Crippen LogP contribution in [0.4, 0.5) is 15.8 Å². The average molecular weight is 513 g/mol. The lowest BCUT2D eigenvalue weighted by molar-refractivity contribution is 0.101. The summed E-state index contributed by atoms with van der Waals surface area (Å²) in [5.41, 5.74) is 1.71. The van der Waals surface area contributed by atoms with E-state index in [0.717, 1.165) is 30.2 Å². The van der Waals surface area contributed by atoms with Gasteiger partial charge in [0.2, 0.25) is 0 Å². The highest BCUT2D eigenvalue weighted by atomic mass is 79.9. The highest BCUT2D eigenvalue weighted by Crippen LogP contribution is 2.25. The molecule has 5 nitrogen and oxygen atoms in total. The SMILES string of the molecule is CCCCCCOc1ccc(Br)cc1C(=O)Nc1cccc(C(=O)Nc2ccc(F)cc2)c1. The molecule has 0 saturated carbocycles. The monoisotopic (exact) mass is 512 g/mol. The molecule has 0 saturated heterocycles. The van der Waals surface area contributed by atoms with E-state index in [4.69, 9.17) is 4.74 Å². The molecule has 0 radical (unpaired) electrons. The maximum absolute atomic E-state index is 13.1. The Hall–Kier alpha value is -3.19. The van der Waals surface area contributed by atoms with Crippen LogP contribution in [0, 0.1) is 5.82 Å². The van der Waals surface area contributed by atoms with Crippen molar-refractivity contribution < 1.29 is 18.7 Å². The summed E-state index contributed by atoms with van der Waals surface area (Å²) < 4.78 is 19.7. The van der Waals surface area contributed by atoms with Gasteiger partial charge in [-0.15, -0.1) is 0 Å². The molecule has 0 unspecified atom stereocenters. The predicted molar refractivity (Wildman–Crippen MR) is 133 cm³/mol. The van der Waals surface area contributed by atoms with Gasteiger partial charge in [0.15, 0.2) is 0 Å². The number of unbranched alkanes of at least 4 members (excludes halogenated alkanes) is 3. The molecule has 0 atom stereocenters. The Balaban J connectivity index is 1.68. The zero-order chi connectivity index (χ0) is 23.6. The molecule has 0 heterocycles. The van der Waals surface area contributed by atoms with Crippen LogP contribution in [0.1, 0.15) is 53.3 Å². The van der Waals surface area contributed by atoms with Crippen LogP contribution in [0.15, 0.2) is 71.2 Å². The van der Waals surface area contributed by atoms with Gasteiger partial charge in [-0.1, -0.05) is 48.2 Å². The Morgan fingerprint density at radius 3 is 2.39 bits per heavy atom. The normalized spacial score (nSPS) is 10.5. The minimum atomic E-state index is -0.380. The third kappa shape index (κ3) is 7.43. The van der Waals surface area contributed by atoms with Crippen LogP contribution in [0.2, 0.25) is 0 Å². The molecule has 7 heteroatoms. The fourth-order valence-corrected chi connectivity index (χ4v) is 3.55. The lowest BCUT2D eigenvalue weighted by Gasteiger charge is -2.13. The predicted octanol–water partition coefficient (Wildman–Crippen LogP) is 7.05. The Kier molecular flexibility index (Phi) is 9.01. The largest absolute Gasteiger partial charge is 0.493 e. The van der Waals surface area contributed by atoms with Crippen molar-refractivity contribution in [3.8, 4) is 5.75 Å². The number of rotatable bonds is 10. The van der Waals surface area contributed by atoms with Crippen LogP contribution in [-0.2, 0) is 0 Å². The zero-order valence-corrected chi connectivity index (χ0v) is 20.0. The molecule has 0 fully saturated rings. The lowest BCUT2D eigenvalue weighted by atomic mass is 10.1. The second kappa shape index (κ2) is 12.2. The van der Waals surface area contributed by atoms with E-state index in [9.17, 15) is 14.0 Å². The van der Waals surface area contributed by atoms with Gasteiger partial charge < -0.3 is 15.4 Å². The van der Waals surface area contributed by atoms with Crippen molar-refractivity contribution >= 4 is 39.1 Å². The van der Waals surface area contributed by atoms with Crippen LogP contribution >= 0.6 is 15.9 Å². The first kappa shape index (κ1) is 24.5. The van der Waals surface area contributed by atoms with Gasteiger partial charge >= 0.3 is 0 Å². The van der Waals surface area contributed by atoms with E-state index in [1.165, 1.54) is 24.3 Å². The summed E-state index contributed by atoms with van der Waals surface area (Å²) in [6, 6.07) is 17.4. The number of nitrogens with one attached hydrogen (secondary N) is 2. The summed E-state index contributed by atoms with van der Waals surface area (Å²) >= 11 is 3.41. The molecule has 3 aromatic rings. The maximum Gasteiger partial charge on any atom is 0.259 e. The first-order valence-corrected chi connectivity index (χ1v) is 11.7. The minimum Gasteiger partial charge on any atom is -0.493 e. The topological polar surface area (TPSA) is 67.4 Å². The van der Waals surface area contributed by atoms with E-state index >= 15 is 0 Å². The number of amides is 2. The van der Waals surface area contributed by atoms with E-state index < -0.39 is 0 Å². The number of benzene rings is 3. The standard InChI is InChI=1S/C26H26BrFN2O3/c1-2-3-4-5-15-33-24-14-9-19(27)17-23(24)26(32)30-22-8-6-7-18(16-22)25(31)29-21-12-10-20(28)11-13-21/h6-14,16-17H,2-5,15H2,1H3,(H,29,31)(H,30,32). The number of carbonyl (C=O) groups is 2. The smallest absolute Gasteiger partial charge is 0.259 e. The van der Waals surface area contributed by atoms with Gasteiger partial charge in [-0.05, 0) is 67.1 Å². The van der Waals surface area contributed by atoms with Gasteiger partial charge in [-0.3, -0.25) is 9.59 Å². The van der Waals surface area contributed by atoms with Crippen molar-refractivity contribution in [2.75, 3.05) is 17.2 Å². The molecule has 172 valence electrons. The average Bonchev–Trinajstić information content (AvgIpc) is 2.81. The maximum atomic E-state index is 13.1. The molecular weight excluding hydrogens is 487 g/mol. The fourth-order valence-electron chi connectivity index (χ4n) is 3.19. The molecule has 3 aromatic carbocycles. The molecular formula is C26H26BrFN2O3. The number of hydrogen-bond donors (Lipinski definition) is 2. The molecule has 2 N–H and O–H groups in total. The highest BCUT2D eigenvalue weighted by molar-refractivity contribution is 9.10. The van der Waals surface area contributed by atoms with E-state index in [1.54, 1.807) is 36.4 Å². The lowest BCUT2D eigenvalue weighted by Crippen LogP contribution is -2.16. The van der Waals surface area contributed by atoms with E-state index in [2.05, 4.69) is 33.5 Å². The van der Waals surface area contributed by atoms with Gasteiger partial charge in [0, 0.05) is 21.4 Å². The Bertz CT molecular complexity index is 1100. The van der Waals surface area contributed by atoms with Crippen molar-refractivity contribution in [1.82, 2.24) is 0 Å². The van der Waals surface area contributed by atoms with Crippen molar-refractivity contribution in [3.63, 3.8) is 0 Å². The molecule has 0 aliphatic carbocycles. The molecule has 33 heavy (non-hydrogen) atoms. The Morgan fingerprint density at radius 1 is 0.879 bits per heavy atom. The van der Waals surface area contributed by atoms with E-state index in [-0.39, 0.29) is 17.6 Å². The number of anilines is 2. The third-order valence-corrected chi connectivity index (χ3v) is 5.42. The van der Waals surface area contributed by atoms with Gasteiger partial charge in [0.1, 0.15) is 11.6 Å². The molecule has 2 amide bonds. The second-order valence-electron chi connectivity index (χ2n) is 7.55. The molecule has 0 spiro atoms. The minimum absolute atomic E-state index is 0.337. The molecule has 0 aliphatic rings. The summed E-state index contributed by atoms with van der Waals surface area (Å²) in [6.45, 7) is 2.69. The first-order valence-electron chi connectivity index (χ1n) is 10.9. The zero-order valence-electron chi connectivity index (χ0n) is 18.4. The number of ether oxygens (including phenoxy) is 1. The summed E-state index contributed by atoms with van der Waals surface area (Å²) in [5, 5.41) is 5.54. The van der Waals surface area contributed by atoms with Crippen molar-refractivity contribution in [2.24, 2.45) is 0 Å². The number of halogens is 2. The van der Waals surface area contributed by atoms with Crippen LogP contribution in [0.3, 0.4) is 0 Å². The van der Waals surface area contributed by atoms with Gasteiger partial charge in [0.05, 0.1) is 12.2 Å². The quantitative estimate of drug-likeness (QED) is 0.286. The van der Waals surface area contributed by atoms with Crippen LogP contribution in [-0.4, -0.2) is 18.4 Å². The molecule has 0 aromatic heterocycles. The Morgan fingerprint density at radius 2 is 1.64 bits per heavy atom. The second-order valence-corrected chi connectivity index (χ2v) is 8.46. The van der Waals surface area contributed by atoms with Crippen LogP contribution in [0.25, 0.3) is 0 Å². The molecule has 3 rings (SSSR count). The van der Waals surface area contributed by atoms with Crippen molar-refractivity contribution in [1.29, 1.82) is 0 Å². The van der Waals surface area contributed by atoms with Crippen molar-refractivity contribution in [2.45, 2.75) is 32.6 Å². The van der Waals surface area contributed by atoms with Gasteiger partial charge in [-0.2, -0.15) is 0 Å². The summed E-state index contributed by atoms with van der Waals surface area (Å²) in [7, 11) is 0. The number of carbonyl (C=O) groups excluding carboxylic acids is 2. The van der Waals surface area contributed by atoms with E-state index in [1.807, 2.05) is 6.07 Å². The fraction of sp³-hybridized carbons (Fsp3) is 0.231. The highest BCUT2D eigenvalue weighted by Gasteiger charge is 2.15. The first-order chi connectivity index (χ1) is 16.0. The van der Waals surface area contributed by atoms with Crippen LogP contribution < -0.4 is 15.4 Å². The van der Waals surface area contributed by atoms with E-state index in [0.29, 0.717) is 34.9 Å². The summed E-state index contributed by atoms with van der Waals surface area (Å²) in [6.07, 6.45) is 4.31. The van der Waals surface area contributed by atoms with Crippen LogP contribution in [0.5, 0.6) is 5.75 Å².